The highest BCUT2D eigenvalue weighted by Gasteiger charge is 2.15. The summed E-state index contributed by atoms with van der Waals surface area (Å²) in [5.74, 6) is -0.630. The molecule has 1 aromatic heterocycles. The maximum absolute atomic E-state index is 12.3. The predicted octanol–water partition coefficient (Wildman–Crippen LogP) is 2.11. The first-order valence-electron chi connectivity index (χ1n) is 9.07. The summed E-state index contributed by atoms with van der Waals surface area (Å²) in [5.41, 5.74) is 2.87. The SMILES string of the molecule is COCC(C)n1c(C)cc(/C=C(\C#N)C(=O)NCCNC(=O)C(C)C)c1C. The van der Waals surface area contributed by atoms with E-state index in [-0.39, 0.29) is 30.0 Å². The number of aromatic nitrogens is 1. The first kappa shape index (κ1) is 22.5. The monoisotopic (exact) mass is 374 g/mol. The van der Waals surface area contributed by atoms with Gasteiger partial charge in [0.25, 0.3) is 5.91 Å². The molecule has 0 radical (unpaired) electrons. The van der Waals surface area contributed by atoms with E-state index in [0.29, 0.717) is 13.2 Å². The number of hydrogen-bond acceptors (Lipinski definition) is 4. The van der Waals surface area contributed by atoms with Crippen LogP contribution in [-0.4, -0.2) is 43.2 Å². The molecule has 0 bridgehead atoms. The molecule has 7 nitrogen and oxygen atoms in total. The van der Waals surface area contributed by atoms with Crippen molar-refractivity contribution < 1.29 is 14.3 Å². The van der Waals surface area contributed by atoms with Crippen molar-refractivity contribution >= 4 is 17.9 Å². The Bertz CT molecular complexity index is 741. The molecule has 0 aliphatic heterocycles. The van der Waals surface area contributed by atoms with E-state index >= 15 is 0 Å². The second-order valence-corrected chi connectivity index (χ2v) is 6.87. The van der Waals surface area contributed by atoms with Gasteiger partial charge in [0.2, 0.25) is 5.91 Å². The van der Waals surface area contributed by atoms with Gasteiger partial charge in [-0.15, -0.1) is 0 Å². The van der Waals surface area contributed by atoms with E-state index < -0.39 is 5.91 Å². The highest BCUT2D eigenvalue weighted by molar-refractivity contribution is 6.01. The highest BCUT2D eigenvalue weighted by Crippen LogP contribution is 2.22. The number of amides is 2. The second-order valence-electron chi connectivity index (χ2n) is 6.87. The van der Waals surface area contributed by atoms with Gasteiger partial charge in [0, 0.05) is 37.5 Å². The van der Waals surface area contributed by atoms with Crippen LogP contribution in [0.15, 0.2) is 11.6 Å². The first-order valence-corrected chi connectivity index (χ1v) is 9.07. The van der Waals surface area contributed by atoms with Crippen molar-refractivity contribution in [2.75, 3.05) is 26.8 Å². The quantitative estimate of drug-likeness (QED) is 0.393. The predicted molar refractivity (Wildman–Crippen MR) is 105 cm³/mol. The number of nitriles is 1. The van der Waals surface area contributed by atoms with Crippen LogP contribution in [0.1, 0.15) is 43.8 Å². The fourth-order valence-corrected chi connectivity index (χ4v) is 2.91. The Morgan fingerprint density at radius 3 is 2.44 bits per heavy atom. The van der Waals surface area contributed by atoms with Gasteiger partial charge in [-0.3, -0.25) is 9.59 Å². The van der Waals surface area contributed by atoms with Crippen LogP contribution >= 0.6 is 0 Å². The van der Waals surface area contributed by atoms with Gasteiger partial charge < -0.3 is 19.9 Å². The van der Waals surface area contributed by atoms with Crippen molar-refractivity contribution in [2.45, 2.75) is 40.7 Å². The maximum Gasteiger partial charge on any atom is 0.262 e. The van der Waals surface area contributed by atoms with Crippen LogP contribution < -0.4 is 10.6 Å². The van der Waals surface area contributed by atoms with Crippen molar-refractivity contribution in [2.24, 2.45) is 5.92 Å². The topological polar surface area (TPSA) is 96.2 Å². The zero-order valence-electron chi connectivity index (χ0n) is 17.0. The summed E-state index contributed by atoms with van der Waals surface area (Å²) in [6.07, 6.45) is 1.60. The Morgan fingerprint density at radius 2 is 1.89 bits per heavy atom. The van der Waals surface area contributed by atoms with Gasteiger partial charge >= 0.3 is 0 Å². The lowest BCUT2D eigenvalue weighted by atomic mass is 10.1. The molecule has 1 rings (SSSR count). The molecule has 2 N–H and O–H groups in total. The van der Waals surface area contributed by atoms with E-state index in [1.807, 2.05) is 26.0 Å². The van der Waals surface area contributed by atoms with Gasteiger partial charge in [0.15, 0.2) is 0 Å². The van der Waals surface area contributed by atoms with Gasteiger partial charge in [0.05, 0.1) is 12.6 Å². The van der Waals surface area contributed by atoms with Crippen LogP contribution in [-0.2, 0) is 14.3 Å². The third-order valence-electron chi connectivity index (χ3n) is 4.27. The van der Waals surface area contributed by atoms with Crippen molar-refractivity contribution in [3.63, 3.8) is 0 Å². The lowest BCUT2D eigenvalue weighted by Gasteiger charge is -2.17. The third-order valence-corrected chi connectivity index (χ3v) is 4.27. The lowest BCUT2D eigenvalue weighted by molar-refractivity contribution is -0.124. The Kier molecular flexibility index (Phi) is 8.76. The van der Waals surface area contributed by atoms with Crippen LogP contribution in [0.5, 0.6) is 0 Å². The average Bonchev–Trinajstić information content (AvgIpc) is 2.89. The summed E-state index contributed by atoms with van der Waals surface area (Å²) >= 11 is 0. The Balaban J connectivity index is 2.82. The lowest BCUT2D eigenvalue weighted by Crippen LogP contribution is -2.36. The molecule has 2 amide bonds. The molecule has 1 aromatic rings. The van der Waals surface area contributed by atoms with E-state index in [0.717, 1.165) is 17.0 Å². The van der Waals surface area contributed by atoms with Crippen LogP contribution in [0, 0.1) is 31.1 Å². The molecule has 0 fully saturated rings. The largest absolute Gasteiger partial charge is 0.383 e. The smallest absolute Gasteiger partial charge is 0.262 e. The van der Waals surface area contributed by atoms with Gasteiger partial charge in [0.1, 0.15) is 11.6 Å². The molecule has 1 atom stereocenters. The number of rotatable bonds is 9. The standard InChI is InChI=1S/C20H30N4O3/c1-13(2)19(25)22-7-8-23-20(26)18(11-21)10-17-9-14(3)24(16(17)5)15(4)12-27-6/h9-10,13,15H,7-8,12H2,1-6H3,(H,22,25)(H,23,26)/b18-10+. The van der Waals surface area contributed by atoms with Gasteiger partial charge in [-0.25, -0.2) is 0 Å². The van der Waals surface area contributed by atoms with Gasteiger partial charge in [-0.1, -0.05) is 13.8 Å². The second kappa shape index (κ2) is 10.5. The van der Waals surface area contributed by atoms with E-state index in [1.54, 1.807) is 27.0 Å². The minimum absolute atomic E-state index is 0.0323. The Hall–Kier alpha value is -2.59. The number of methoxy groups -OCH3 is 1. The third kappa shape index (κ3) is 6.26. The number of hydrogen-bond donors (Lipinski definition) is 2. The van der Waals surface area contributed by atoms with Crippen molar-refractivity contribution in [1.29, 1.82) is 5.26 Å². The summed E-state index contributed by atoms with van der Waals surface area (Å²) in [5, 5.41) is 14.7. The number of nitrogens with one attached hydrogen (secondary N) is 2. The van der Waals surface area contributed by atoms with Crippen LogP contribution in [0.4, 0.5) is 0 Å². The van der Waals surface area contributed by atoms with Gasteiger partial charge in [-0.2, -0.15) is 5.26 Å². The number of aryl methyl sites for hydroxylation is 1. The zero-order chi connectivity index (χ0) is 20.6. The van der Waals surface area contributed by atoms with E-state index in [4.69, 9.17) is 4.74 Å². The highest BCUT2D eigenvalue weighted by atomic mass is 16.5. The molecule has 7 heteroatoms. The molecule has 148 valence electrons. The normalized spacial score (nSPS) is 12.6. The minimum Gasteiger partial charge on any atom is -0.383 e. The summed E-state index contributed by atoms with van der Waals surface area (Å²) in [7, 11) is 1.66. The molecule has 1 unspecified atom stereocenters. The first-order chi connectivity index (χ1) is 12.7. The van der Waals surface area contributed by atoms with Crippen molar-refractivity contribution in [3.05, 3.63) is 28.6 Å². The molecule has 0 saturated heterocycles. The zero-order valence-corrected chi connectivity index (χ0v) is 17.0. The van der Waals surface area contributed by atoms with Crippen LogP contribution in [0.3, 0.4) is 0 Å². The molecule has 27 heavy (non-hydrogen) atoms. The maximum atomic E-state index is 12.3. The molecule has 0 spiro atoms. The van der Waals surface area contributed by atoms with Crippen LogP contribution in [0.2, 0.25) is 0 Å². The fraction of sp³-hybridized carbons (Fsp3) is 0.550. The van der Waals surface area contributed by atoms with Gasteiger partial charge in [-0.05, 0) is 38.5 Å². The molecule has 0 aromatic carbocycles. The van der Waals surface area contributed by atoms with E-state index in [9.17, 15) is 14.9 Å². The molecule has 1 heterocycles. The molecule has 0 aliphatic carbocycles. The average molecular weight is 374 g/mol. The van der Waals surface area contributed by atoms with Crippen molar-refractivity contribution in [1.82, 2.24) is 15.2 Å². The number of ether oxygens (including phenoxy) is 1. The Labute approximate surface area is 161 Å². The molecular formula is C20H30N4O3. The minimum atomic E-state index is -0.453. The number of carbonyl (C=O) groups excluding carboxylic acids is 2. The van der Waals surface area contributed by atoms with E-state index in [2.05, 4.69) is 22.1 Å². The number of carbonyl (C=O) groups is 2. The van der Waals surface area contributed by atoms with Crippen molar-refractivity contribution in [3.8, 4) is 6.07 Å². The Morgan fingerprint density at radius 1 is 1.26 bits per heavy atom. The van der Waals surface area contributed by atoms with Crippen LogP contribution in [0.25, 0.3) is 6.08 Å². The summed E-state index contributed by atoms with van der Waals surface area (Å²) in [6, 6.07) is 4.06. The molecular weight excluding hydrogens is 344 g/mol. The summed E-state index contributed by atoms with van der Waals surface area (Å²) in [4.78, 5) is 23.7. The van der Waals surface area contributed by atoms with E-state index in [1.165, 1.54) is 0 Å². The molecule has 0 saturated carbocycles. The summed E-state index contributed by atoms with van der Waals surface area (Å²) in [6.45, 7) is 10.8. The number of nitrogens with zero attached hydrogens (tertiary/aromatic N) is 2. The summed E-state index contributed by atoms with van der Waals surface area (Å²) < 4.78 is 7.35. The molecule has 0 aliphatic rings. The fourth-order valence-electron chi connectivity index (χ4n) is 2.91.